The molecule has 1 saturated heterocycles. The molecule has 1 fully saturated rings. The van der Waals surface area contributed by atoms with Crippen LogP contribution in [-0.4, -0.2) is 29.6 Å². The Morgan fingerprint density at radius 1 is 1.37 bits per heavy atom. The number of nitrogens with two attached hydrogens (primary N) is 1. The van der Waals surface area contributed by atoms with E-state index in [1.807, 2.05) is 12.1 Å². The molecule has 4 nitrogen and oxygen atoms in total. The molecule has 1 aromatic rings. The van der Waals surface area contributed by atoms with E-state index in [2.05, 4.69) is 24.2 Å². The summed E-state index contributed by atoms with van der Waals surface area (Å²) in [4.78, 5) is 2.63. The van der Waals surface area contributed by atoms with Gasteiger partial charge in [0.15, 0.2) is 0 Å². The summed E-state index contributed by atoms with van der Waals surface area (Å²) in [5.41, 5.74) is 3.20. The zero-order valence-corrected chi connectivity index (χ0v) is 12.2. The second-order valence-corrected chi connectivity index (χ2v) is 5.51. The van der Waals surface area contributed by atoms with E-state index in [1.54, 1.807) is 6.26 Å². The number of nitrogens with zero attached hydrogens (tertiary/aromatic N) is 1. The molecule has 0 aromatic carbocycles. The van der Waals surface area contributed by atoms with Crippen molar-refractivity contribution in [3.05, 3.63) is 24.2 Å². The van der Waals surface area contributed by atoms with Crippen molar-refractivity contribution in [2.45, 2.75) is 57.5 Å². The Morgan fingerprint density at radius 2 is 2.05 bits per heavy atom. The van der Waals surface area contributed by atoms with Gasteiger partial charge in [0.1, 0.15) is 5.76 Å². The van der Waals surface area contributed by atoms with Crippen molar-refractivity contribution >= 4 is 0 Å². The summed E-state index contributed by atoms with van der Waals surface area (Å²) in [6.07, 6.45) is 7.41. The molecule has 0 spiro atoms. The second kappa shape index (κ2) is 6.55. The van der Waals surface area contributed by atoms with Crippen LogP contribution in [0.15, 0.2) is 22.8 Å². The number of rotatable bonds is 7. The van der Waals surface area contributed by atoms with Crippen molar-refractivity contribution in [1.82, 2.24) is 10.3 Å². The third-order valence-electron chi connectivity index (χ3n) is 4.80. The van der Waals surface area contributed by atoms with E-state index < -0.39 is 0 Å². The first kappa shape index (κ1) is 14.6. The van der Waals surface area contributed by atoms with Crippen LogP contribution in [0.2, 0.25) is 0 Å². The summed E-state index contributed by atoms with van der Waals surface area (Å²) in [5, 5.41) is 0. The summed E-state index contributed by atoms with van der Waals surface area (Å²) >= 11 is 0. The molecule has 1 unspecified atom stereocenters. The third kappa shape index (κ3) is 2.86. The molecule has 0 bridgehead atoms. The Labute approximate surface area is 116 Å². The van der Waals surface area contributed by atoms with Crippen LogP contribution >= 0.6 is 0 Å². The van der Waals surface area contributed by atoms with Gasteiger partial charge in [0.25, 0.3) is 0 Å². The van der Waals surface area contributed by atoms with Gasteiger partial charge in [-0.3, -0.25) is 16.2 Å². The van der Waals surface area contributed by atoms with Gasteiger partial charge in [0.2, 0.25) is 0 Å². The molecule has 19 heavy (non-hydrogen) atoms. The number of hydrazine groups is 1. The number of nitrogens with one attached hydrogen (secondary N) is 1. The average Bonchev–Trinajstić information content (AvgIpc) is 3.12. The highest BCUT2D eigenvalue weighted by Gasteiger charge is 2.41. The predicted octanol–water partition coefficient (Wildman–Crippen LogP) is 2.31. The molecule has 1 aliphatic heterocycles. The topological polar surface area (TPSA) is 54.4 Å². The zero-order valence-electron chi connectivity index (χ0n) is 12.2. The number of hydrogen-bond donors (Lipinski definition) is 2. The van der Waals surface area contributed by atoms with Gasteiger partial charge in [0.05, 0.1) is 6.26 Å². The van der Waals surface area contributed by atoms with Crippen molar-refractivity contribution in [3.63, 3.8) is 0 Å². The minimum atomic E-state index is 0.137. The highest BCUT2D eigenvalue weighted by Crippen LogP contribution is 2.32. The largest absolute Gasteiger partial charge is 0.469 e. The third-order valence-corrected chi connectivity index (χ3v) is 4.80. The Balaban J connectivity index is 2.18. The molecule has 108 valence electrons. The summed E-state index contributed by atoms with van der Waals surface area (Å²) in [5.74, 6) is 6.88. The van der Waals surface area contributed by atoms with Gasteiger partial charge in [-0.25, -0.2) is 0 Å². The van der Waals surface area contributed by atoms with Gasteiger partial charge in [-0.05, 0) is 50.9 Å². The molecular weight excluding hydrogens is 238 g/mol. The Bertz CT molecular complexity index is 353. The van der Waals surface area contributed by atoms with Gasteiger partial charge in [-0.1, -0.05) is 13.8 Å². The fraction of sp³-hybridized carbons (Fsp3) is 0.733. The Kier molecular flexibility index (Phi) is 5.02. The SMILES string of the molecule is CCC(CC)(C(Cc1ccco1)NN)N1CCCC1. The zero-order chi connectivity index (χ0) is 13.7. The van der Waals surface area contributed by atoms with Crippen molar-refractivity contribution in [1.29, 1.82) is 0 Å². The van der Waals surface area contributed by atoms with Crippen LogP contribution in [0.1, 0.15) is 45.3 Å². The fourth-order valence-corrected chi connectivity index (χ4v) is 3.61. The first-order chi connectivity index (χ1) is 9.26. The summed E-state index contributed by atoms with van der Waals surface area (Å²) in [6, 6.07) is 4.20. The fourth-order valence-electron chi connectivity index (χ4n) is 3.61. The van der Waals surface area contributed by atoms with Crippen LogP contribution in [0, 0.1) is 0 Å². The first-order valence-corrected chi connectivity index (χ1v) is 7.50. The van der Waals surface area contributed by atoms with E-state index in [-0.39, 0.29) is 11.6 Å². The first-order valence-electron chi connectivity index (χ1n) is 7.50. The van der Waals surface area contributed by atoms with Gasteiger partial charge < -0.3 is 4.42 Å². The average molecular weight is 265 g/mol. The molecule has 0 aliphatic carbocycles. The van der Waals surface area contributed by atoms with Gasteiger partial charge in [-0.2, -0.15) is 0 Å². The van der Waals surface area contributed by atoms with Crippen LogP contribution in [0.4, 0.5) is 0 Å². The quantitative estimate of drug-likeness (QED) is 0.587. The minimum absolute atomic E-state index is 0.137. The molecule has 4 heteroatoms. The van der Waals surface area contributed by atoms with Crippen LogP contribution in [0.5, 0.6) is 0 Å². The molecule has 0 amide bonds. The highest BCUT2D eigenvalue weighted by molar-refractivity contribution is 5.07. The van der Waals surface area contributed by atoms with E-state index in [1.165, 1.54) is 25.9 Å². The van der Waals surface area contributed by atoms with E-state index in [9.17, 15) is 0 Å². The van der Waals surface area contributed by atoms with E-state index in [0.29, 0.717) is 0 Å². The summed E-state index contributed by atoms with van der Waals surface area (Å²) < 4.78 is 5.50. The molecule has 2 heterocycles. The van der Waals surface area contributed by atoms with E-state index >= 15 is 0 Å². The highest BCUT2D eigenvalue weighted by atomic mass is 16.3. The molecule has 0 radical (unpaired) electrons. The molecule has 1 aromatic heterocycles. The van der Waals surface area contributed by atoms with Crippen LogP contribution in [0.3, 0.4) is 0 Å². The molecule has 3 N–H and O–H groups in total. The van der Waals surface area contributed by atoms with E-state index in [4.69, 9.17) is 10.3 Å². The molecule has 1 atom stereocenters. The van der Waals surface area contributed by atoms with Crippen LogP contribution in [-0.2, 0) is 6.42 Å². The van der Waals surface area contributed by atoms with Crippen molar-refractivity contribution in [2.75, 3.05) is 13.1 Å². The lowest BCUT2D eigenvalue weighted by molar-refractivity contribution is 0.0601. The van der Waals surface area contributed by atoms with Crippen LogP contribution < -0.4 is 11.3 Å². The van der Waals surface area contributed by atoms with E-state index in [0.717, 1.165) is 25.0 Å². The lowest BCUT2D eigenvalue weighted by atomic mass is 9.81. The van der Waals surface area contributed by atoms with Crippen molar-refractivity contribution in [2.24, 2.45) is 5.84 Å². The minimum Gasteiger partial charge on any atom is -0.469 e. The lowest BCUT2D eigenvalue weighted by Gasteiger charge is -2.46. The van der Waals surface area contributed by atoms with Crippen molar-refractivity contribution in [3.8, 4) is 0 Å². The number of likely N-dealkylation sites (tertiary alicyclic amines) is 1. The van der Waals surface area contributed by atoms with Crippen LogP contribution in [0.25, 0.3) is 0 Å². The maximum Gasteiger partial charge on any atom is 0.105 e. The number of hydrogen-bond acceptors (Lipinski definition) is 4. The van der Waals surface area contributed by atoms with Gasteiger partial charge >= 0.3 is 0 Å². The monoisotopic (exact) mass is 265 g/mol. The predicted molar refractivity (Wildman–Crippen MR) is 77.6 cm³/mol. The molecule has 0 saturated carbocycles. The Hall–Kier alpha value is -0.840. The summed E-state index contributed by atoms with van der Waals surface area (Å²) in [6.45, 7) is 6.93. The van der Waals surface area contributed by atoms with Crippen molar-refractivity contribution < 1.29 is 4.42 Å². The van der Waals surface area contributed by atoms with Gasteiger partial charge in [-0.15, -0.1) is 0 Å². The standard InChI is InChI=1S/C15H27N3O/c1-3-15(4-2,18-9-5-6-10-18)14(17-16)12-13-8-7-11-19-13/h7-8,11,14,17H,3-6,9-10,12,16H2,1-2H3. The summed E-state index contributed by atoms with van der Waals surface area (Å²) in [7, 11) is 0. The van der Waals surface area contributed by atoms with Gasteiger partial charge in [0, 0.05) is 18.0 Å². The smallest absolute Gasteiger partial charge is 0.105 e. The normalized spacial score (nSPS) is 18.9. The maximum atomic E-state index is 5.88. The lowest BCUT2D eigenvalue weighted by Crippen LogP contribution is -2.62. The molecular formula is C15H27N3O. The Morgan fingerprint density at radius 3 is 2.53 bits per heavy atom. The number of furan rings is 1. The molecule has 1 aliphatic rings. The second-order valence-electron chi connectivity index (χ2n) is 5.51. The maximum absolute atomic E-state index is 5.88. The molecule has 2 rings (SSSR count).